The second-order valence-electron chi connectivity index (χ2n) is 7.19. The van der Waals surface area contributed by atoms with E-state index in [-0.39, 0.29) is 0 Å². The molecule has 3 fully saturated rings. The van der Waals surface area contributed by atoms with Gasteiger partial charge in [-0.05, 0) is 51.4 Å². The van der Waals surface area contributed by atoms with Crippen molar-refractivity contribution in [3.63, 3.8) is 0 Å². The van der Waals surface area contributed by atoms with E-state index in [2.05, 4.69) is 31.0 Å². The van der Waals surface area contributed by atoms with E-state index >= 15 is 0 Å². The maximum Gasteiger partial charge on any atom is 0.0588 e. The number of nitrogens with zero attached hydrogens (tertiary/aromatic N) is 1. The molecule has 3 aliphatic rings. The standard InChI is InChI=1S/C16H30N2O/c1-4-15-9-17-16(3,14-5-6-14)11-18(15)10-13-7-8-19-12(13)2/h12-15,17H,4-11H2,1-3H3. The summed E-state index contributed by atoms with van der Waals surface area (Å²) in [5.74, 6) is 1.67. The first-order valence-electron chi connectivity index (χ1n) is 8.23. The zero-order valence-corrected chi connectivity index (χ0v) is 12.8. The summed E-state index contributed by atoms with van der Waals surface area (Å²) in [7, 11) is 0. The second kappa shape index (κ2) is 5.34. The average molecular weight is 266 g/mol. The zero-order valence-electron chi connectivity index (χ0n) is 12.8. The Morgan fingerprint density at radius 2 is 2.11 bits per heavy atom. The molecule has 1 aliphatic carbocycles. The summed E-state index contributed by atoms with van der Waals surface area (Å²) in [4.78, 5) is 2.77. The summed E-state index contributed by atoms with van der Waals surface area (Å²) in [6, 6.07) is 0.722. The lowest BCUT2D eigenvalue weighted by Crippen LogP contribution is -2.64. The Morgan fingerprint density at radius 1 is 1.32 bits per heavy atom. The van der Waals surface area contributed by atoms with Crippen LogP contribution >= 0.6 is 0 Å². The van der Waals surface area contributed by atoms with Crippen LogP contribution in [0.3, 0.4) is 0 Å². The Kier molecular flexibility index (Phi) is 3.89. The molecular formula is C16H30N2O. The zero-order chi connectivity index (χ0) is 13.5. The van der Waals surface area contributed by atoms with Gasteiger partial charge in [0, 0.05) is 37.8 Å². The molecule has 1 saturated carbocycles. The molecule has 0 amide bonds. The van der Waals surface area contributed by atoms with Crippen LogP contribution in [0.25, 0.3) is 0 Å². The highest BCUT2D eigenvalue weighted by atomic mass is 16.5. The van der Waals surface area contributed by atoms with Crippen molar-refractivity contribution in [1.82, 2.24) is 10.2 Å². The predicted octanol–water partition coefficient (Wildman–Crippen LogP) is 2.26. The van der Waals surface area contributed by atoms with Crippen molar-refractivity contribution in [2.24, 2.45) is 11.8 Å². The lowest BCUT2D eigenvalue weighted by atomic mass is 9.89. The molecule has 0 spiro atoms. The van der Waals surface area contributed by atoms with E-state index < -0.39 is 0 Å². The smallest absolute Gasteiger partial charge is 0.0588 e. The van der Waals surface area contributed by atoms with E-state index in [1.807, 2.05) is 0 Å². The first kappa shape index (κ1) is 13.8. The van der Waals surface area contributed by atoms with Crippen molar-refractivity contribution in [3.8, 4) is 0 Å². The molecule has 0 radical (unpaired) electrons. The minimum atomic E-state index is 0.369. The second-order valence-corrected chi connectivity index (χ2v) is 7.19. The SMILES string of the molecule is CCC1CNC(C)(C2CC2)CN1CC1CCOC1C. The van der Waals surface area contributed by atoms with Crippen molar-refractivity contribution in [2.75, 3.05) is 26.2 Å². The molecule has 0 aromatic carbocycles. The monoisotopic (exact) mass is 266 g/mol. The fourth-order valence-corrected chi connectivity index (χ4v) is 4.01. The highest BCUT2D eigenvalue weighted by Crippen LogP contribution is 2.41. The Bertz CT molecular complexity index is 318. The van der Waals surface area contributed by atoms with Gasteiger partial charge in [0.1, 0.15) is 0 Å². The number of hydrogen-bond acceptors (Lipinski definition) is 3. The van der Waals surface area contributed by atoms with Crippen LogP contribution in [0.2, 0.25) is 0 Å². The molecule has 3 rings (SSSR count). The van der Waals surface area contributed by atoms with E-state index in [4.69, 9.17) is 4.74 Å². The van der Waals surface area contributed by atoms with Crippen LogP contribution in [0.1, 0.15) is 46.5 Å². The minimum Gasteiger partial charge on any atom is -0.378 e. The summed E-state index contributed by atoms with van der Waals surface area (Å²) >= 11 is 0. The maximum atomic E-state index is 5.75. The van der Waals surface area contributed by atoms with Crippen molar-refractivity contribution in [1.29, 1.82) is 0 Å². The van der Waals surface area contributed by atoms with Gasteiger partial charge in [-0.15, -0.1) is 0 Å². The summed E-state index contributed by atoms with van der Waals surface area (Å²) in [5, 5.41) is 3.85. The highest BCUT2D eigenvalue weighted by molar-refractivity contribution is 5.04. The van der Waals surface area contributed by atoms with Crippen LogP contribution in [0, 0.1) is 11.8 Å². The normalized spacial score (nSPS) is 44.7. The third-order valence-corrected chi connectivity index (χ3v) is 5.74. The maximum absolute atomic E-state index is 5.75. The van der Waals surface area contributed by atoms with Gasteiger partial charge in [-0.3, -0.25) is 4.90 Å². The first-order valence-corrected chi connectivity index (χ1v) is 8.23. The third-order valence-electron chi connectivity index (χ3n) is 5.74. The van der Waals surface area contributed by atoms with Gasteiger partial charge in [0.2, 0.25) is 0 Å². The van der Waals surface area contributed by atoms with E-state index in [1.54, 1.807) is 0 Å². The van der Waals surface area contributed by atoms with Gasteiger partial charge in [0.15, 0.2) is 0 Å². The molecule has 4 unspecified atom stereocenters. The van der Waals surface area contributed by atoms with Crippen LogP contribution in [-0.4, -0.2) is 48.8 Å². The Labute approximate surface area is 118 Å². The molecule has 0 aromatic heterocycles. The Balaban J connectivity index is 1.64. The van der Waals surface area contributed by atoms with Gasteiger partial charge in [-0.1, -0.05) is 6.92 Å². The number of ether oxygens (including phenoxy) is 1. The Morgan fingerprint density at radius 3 is 2.68 bits per heavy atom. The molecule has 3 nitrogen and oxygen atoms in total. The molecule has 3 heteroatoms. The number of rotatable bonds is 4. The third kappa shape index (κ3) is 2.84. The van der Waals surface area contributed by atoms with Crippen LogP contribution in [0.5, 0.6) is 0 Å². The lowest BCUT2D eigenvalue weighted by Gasteiger charge is -2.47. The molecule has 19 heavy (non-hydrogen) atoms. The van der Waals surface area contributed by atoms with Crippen LogP contribution in [0.4, 0.5) is 0 Å². The summed E-state index contributed by atoms with van der Waals surface area (Å²) in [6.45, 7) is 11.6. The van der Waals surface area contributed by atoms with Gasteiger partial charge in [-0.2, -0.15) is 0 Å². The van der Waals surface area contributed by atoms with Gasteiger partial charge >= 0.3 is 0 Å². The quantitative estimate of drug-likeness (QED) is 0.845. The molecule has 4 atom stereocenters. The number of piperazine rings is 1. The topological polar surface area (TPSA) is 24.5 Å². The van der Waals surface area contributed by atoms with Crippen LogP contribution < -0.4 is 5.32 Å². The van der Waals surface area contributed by atoms with E-state index in [9.17, 15) is 0 Å². The molecule has 0 aromatic rings. The van der Waals surface area contributed by atoms with Gasteiger partial charge in [-0.25, -0.2) is 0 Å². The number of nitrogens with one attached hydrogen (secondary N) is 1. The fraction of sp³-hybridized carbons (Fsp3) is 1.00. The molecule has 2 saturated heterocycles. The number of hydrogen-bond donors (Lipinski definition) is 1. The van der Waals surface area contributed by atoms with Crippen molar-refractivity contribution in [3.05, 3.63) is 0 Å². The van der Waals surface area contributed by atoms with Gasteiger partial charge < -0.3 is 10.1 Å². The summed E-state index contributed by atoms with van der Waals surface area (Å²) in [5.41, 5.74) is 0.369. The van der Waals surface area contributed by atoms with Gasteiger partial charge in [0.25, 0.3) is 0 Å². The molecular weight excluding hydrogens is 236 g/mol. The van der Waals surface area contributed by atoms with Crippen molar-refractivity contribution < 1.29 is 4.74 Å². The summed E-state index contributed by atoms with van der Waals surface area (Å²) < 4.78 is 5.75. The average Bonchev–Trinajstić information content (AvgIpc) is 3.17. The molecule has 0 bridgehead atoms. The molecule has 2 heterocycles. The van der Waals surface area contributed by atoms with Crippen molar-refractivity contribution in [2.45, 2.75) is 64.1 Å². The van der Waals surface area contributed by atoms with Crippen LogP contribution in [0.15, 0.2) is 0 Å². The van der Waals surface area contributed by atoms with Crippen molar-refractivity contribution >= 4 is 0 Å². The van der Waals surface area contributed by atoms with Crippen LogP contribution in [-0.2, 0) is 4.74 Å². The molecule has 110 valence electrons. The largest absolute Gasteiger partial charge is 0.378 e. The minimum absolute atomic E-state index is 0.369. The van der Waals surface area contributed by atoms with Gasteiger partial charge in [0.05, 0.1) is 6.10 Å². The first-order chi connectivity index (χ1) is 9.12. The Hall–Kier alpha value is -0.120. The summed E-state index contributed by atoms with van der Waals surface area (Å²) in [6.07, 6.45) is 5.82. The van der Waals surface area contributed by atoms with E-state index in [0.29, 0.717) is 11.6 Å². The highest BCUT2D eigenvalue weighted by Gasteiger charge is 2.46. The predicted molar refractivity (Wildman–Crippen MR) is 78.3 cm³/mol. The molecule has 1 N–H and O–H groups in total. The fourth-order valence-electron chi connectivity index (χ4n) is 4.01. The molecule has 2 aliphatic heterocycles. The lowest BCUT2D eigenvalue weighted by molar-refractivity contribution is 0.0405. The van der Waals surface area contributed by atoms with E-state index in [0.717, 1.165) is 24.5 Å². The van der Waals surface area contributed by atoms with E-state index in [1.165, 1.54) is 45.3 Å².